The molecule has 0 saturated heterocycles. The summed E-state index contributed by atoms with van der Waals surface area (Å²) < 4.78 is 13.3. The smallest absolute Gasteiger partial charge is 0.132 e. The van der Waals surface area contributed by atoms with Crippen LogP contribution in [0.5, 0.6) is 0 Å². The van der Waals surface area contributed by atoms with Crippen molar-refractivity contribution in [2.75, 3.05) is 7.05 Å². The summed E-state index contributed by atoms with van der Waals surface area (Å²) in [5, 5.41) is 0.578. The number of benzene rings is 1. The van der Waals surface area contributed by atoms with Gasteiger partial charge in [-0.15, -0.1) is 0 Å². The SMILES string of the molecule is CN=C(/C=C(\C)Cl)c1ccccc1F. The van der Waals surface area contributed by atoms with Gasteiger partial charge in [-0.25, -0.2) is 4.39 Å². The van der Waals surface area contributed by atoms with Crippen molar-refractivity contribution >= 4 is 17.3 Å². The van der Waals surface area contributed by atoms with Crippen LogP contribution in [0.4, 0.5) is 4.39 Å². The molecule has 3 heteroatoms. The summed E-state index contributed by atoms with van der Waals surface area (Å²) in [5.74, 6) is -0.290. The number of hydrogen-bond donors (Lipinski definition) is 0. The maximum atomic E-state index is 13.3. The Labute approximate surface area is 87.9 Å². The van der Waals surface area contributed by atoms with Crippen molar-refractivity contribution in [3.05, 3.63) is 46.8 Å². The second-order valence-corrected chi connectivity index (χ2v) is 3.42. The molecule has 0 aromatic heterocycles. The summed E-state index contributed by atoms with van der Waals surface area (Å²) in [6, 6.07) is 6.48. The maximum absolute atomic E-state index is 13.3. The van der Waals surface area contributed by atoms with Crippen molar-refractivity contribution in [3.8, 4) is 0 Å². The molecule has 0 bridgehead atoms. The second-order valence-electron chi connectivity index (χ2n) is 2.82. The molecule has 0 heterocycles. The fraction of sp³-hybridized carbons (Fsp3) is 0.182. The number of halogens is 2. The molecule has 74 valence electrons. The van der Waals surface area contributed by atoms with Crippen LogP contribution in [0.25, 0.3) is 0 Å². The van der Waals surface area contributed by atoms with Crippen LogP contribution in [-0.4, -0.2) is 12.8 Å². The van der Waals surface area contributed by atoms with Crippen molar-refractivity contribution < 1.29 is 4.39 Å². The van der Waals surface area contributed by atoms with E-state index in [-0.39, 0.29) is 5.82 Å². The normalized spacial score (nSPS) is 13.1. The zero-order valence-electron chi connectivity index (χ0n) is 8.09. The van der Waals surface area contributed by atoms with Gasteiger partial charge in [-0.3, -0.25) is 4.99 Å². The van der Waals surface area contributed by atoms with Crippen molar-refractivity contribution in [1.82, 2.24) is 0 Å². The minimum atomic E-state index is -0.290. The van der Waals surface area contributed by atoms with Crippen LogP contribution in [0.1, 0.15) is 12.5 Å². The summed E-state index contributed by atoms with van der Waals surface area (Å²) in [6.07, 6.45) is 1.64. The van der Waals surface area contributed by atoms with Crippen LogP contribution in [0.3, 0.4) is 0 Å². The first-order valence-electron chi connectivity index (χ1n) is 4.20. The van der Waals surface area contributed by atoms with E-state index in [2.05, 4.69) is 4.99 Å². The van der Waals surface area contributed by atoms with Crippen LogP contribution >= 0.6 is 11.6 Å². The Morgan fingerprint density at radius 1 is 1.43 bits per heavy atom. The monoisotopic (exact) mass is 211 g/mol. The van der Waals surface area contributed by atoms with E-state index in [1.807, 2.05) is 0 Å². The topological polar surface area (TPSA) is 12.4 Å². The molecule has 0 fully saturated rings. The lowest BCUT2D eigenvalue weighted by Crippen LogP contribution is -2.00. The Hall–Kier alpha value is -1.15. The van der Waals surface area contributed by atoms with Crippen LogP contribution in [0.15, 0.2) is 40.4 Å². The molecule has 0 N–H and O–H groups in total. The van der Waals surface area contributed by atoms with E-state index < -0.39 is 0 Å². The standard InChI is InChI=1S/C11H11ClFN/c1-8(12)7-11(14-2)9-5-3-4-6-10(9)13/h3-7H,1-2H3/b8-7+,14-11?. The third kappa shape index (κ3) is 2.67. The molecule has 0 spiro atoms. The molecular formula is C11H11ClFN. The van der Waals surface area contributed by atoms with Crippen molar-refractivity contribution in [1.29, 1.82) is 0 Å². The van der Waals surface area contributed by atoms with E-state index in [9.17, 15) is 4.39 Å². The average Bonchev–Trinajstić information content (AvgIpc) is 2.15. The highest BCUT2D eigenvalue weighted by molar-refractivity contribution is 6.31. The van der Waals surface area contributed by atoms with E-state index in [1.54, 1.807) is 38.2 Å². The van der Waals surface area contributed by atoms with Gasteiger partial charge in [0.25, 0.3) is 0 Å². The zero-order valence-corrected chi connectivity index (χ0v) is 8.85. The van der Waals surface area contributed by atoms with Gasteiger partial charge in [0.05, 0.1) is 5.71 Å². The molecule has 0 aliphatic rings. The first kappa shape index (κ1) is 10.9. The Morgan fingerprint density at radius 3 is 2.57 bits per heavy atom. The Balaban J connectivity index is 3.15. The lowest BCUT2D eigenvalue weighted by atomic mass is 10.1. The number of aliphatic imine (C=N–C) groups is 1. The van der Waals surface area contributed by atoms with E-state index in [4.69, 9.17) is 11.6 Å². The minimum Gasteiger partial charge on any atom is -0.288 e. The summed E-state index contributed by atoms with van der Waals surface area (Å²) in [7, 11) is 1.61. The number of hydrogen-bond acceptors (Lipinski definition) is 1. The fourth-order valence-electron chi connectivity index (χ4n) is 1.12. The molecule has 0 radical (unpaired) electrons. The van der Waals surface area contributed by atoms with Crippen molar-refractivity contribution in [2.24, 2.45) is 4.99 Å². The third-order valence-electron chi connectivity index (χ3n) is 1.73. The van der Waals surface area contributed by atoms with Gasteiger partial charge >= 0.3 is 0 Å². The summed E-state index contributed by atoms with van der Waals surface area (Å²) in [5.41, 5.74) is 1.02. The molecule has 0 saturated carbocycles. The quantitative estimate of drug-likeness (QED) is 0.665. The molecule has 14 heavy (non-hydrogen) atoms. The molecule has 1 aromatic carbocycles. The van der Waals surface area contributed by atoms with Gasteiger partial charge < -0.3 is 0 Å². The first-order valence-corrected chi connectivity index (χ1v) is 4.58. The predicted octanol–water partition coefficient (Wildman–Crippen LogP) is 3.39. The van der Waals surface area contributed by atoms with Crippen LogP contribution < -0.4 is 0 Å². The van der Waals surface area contributed by atoms with Crippen LogP contribution in [0, 0.1) is 5.82 Å². The molecule has 1 rings (SSSR count). The van der Waals surface area contributed by atoms with E-state index in [1.165, 1.54) is 6.07 Å². The number of allylic oxidation sites excluding steroid dienone is 2. The Bertz CT molecular complexity index is 379. The molecule has 0 aliphatic heterocycles. The lowest BCUT2D eigenvalue weighted by molar-refractivity contribution is 0.625. The maximum Gasteiger partial charge on any atom is 0.132 e. The van der Waals surface area contributed by atoms with Gasteiger partial charge in [0.15, 0.2) is 0 Å². The molecule has 0 atom stereocenters. The highest BCUT2D eigenvalue weighted by atomic mass is 35.5. The lowest BCUT2D eigenvalue weighted by Gasteiger charge is -2.02. The van der Waals surface area contributed by atoms with Gasteiger partial charge in [-0.2, -0.15) is 0 Å². The highest BCUT2D eigenvalue weighted by Crippen LogP contribution is 2.11. The molecule has 0 amide bonds. The first-order chi connectivity index (χ1) is 6.65. The van der Waals surface area contributed by atoms with Gasteiger partial charge in [0.2, 0.25) is 0 Å². The summed E-state index contributed by atoms with van der Waals surface area (Å²) >= 11 is 5.71. The van der Waals surface area contributed by atoms with Gasteiger partial charge in [0, 0.05) is 17.6 Å². The van der Waals surface area contributed by atoms with Crippen LogP contribution in [0.2, 0.25) is 0 Å². The van der Waals surface area contributed by atoms with E-state index in [0.29, 0.717) is 16.3 Å². The van der Waals surface area contributed by atoms with Crippen molar-refractivity contribution in [2.45, 2.75) is 6.92 Å². The highest BCUT2D eigenvalue weighted by Gasteiger charge is 2.05. The van der Waals surface area contributed by atoms with Crippen LogP contribution in [-0.2, 0) is 0 Å². The summed E-state index contributed by atoms with van der Waals surface area (Å²) in [4.78, 5) is 3.98. The third-order valence-corrected chi connectivity index (χ3v) is 1.84. The van der Waals surface area contributed by atoms with Gasteiger partial charge in [-0.05, 0) is 25.1 Å². The number of rotatable bonds is 2. The molecule has 1 aromatic rings. The van der Waals surface area contributed by atoms with E-state index >= 15 is 0 Å². The molecule has 0 aliphatic carbocycles. The Kier molecular flexibility index (Phi) is 3.84. The predicted molar refractivity (Wildman–Crippen MR) is 58.5 cm³/mol. The average molecular weight is 212 g/mol. The van der Waals surface area contributed by atoms with Gasteiger partial charge in [0.1, 0.15) is 5.82 Å². The Morgan fingerprint density at radius 2 is 2.07 bits per heavy atom. The fourth-order valence-corrected chi connectivity index (χ4v) is 1.22. The minimum absolute atomic E-state index is 0.290. The summed E-state index contributed by atoms with van der Waals surface area (Å²) in [6.45, 7) is 1.73. The van der Waals surface area contributed by atoms with E-state index in [0.717, 1.165) is 0 Å². The van der Waals surface area contributed by atoms with Crippen molar-refractivity contribution in [3.63, 3.8) is 0 Å². The largest absolute Gasteiger partial charge is 0.288 e. The second kappa shape index (κ2) is 4.91. The zero-order chi connectivity index (χ0) is 10.6. The molecule has 0 unspecified atom stereocenters. The molecule has 1 nitrogen and oxygen atoms in total. The number of nitrogens with zero attached hydrogens (tertiary/aromatic N) is 1. The van der Waals surface area contributed by atoms with Gasteiger partial charge in [-0.1, -0.05) is 23.7 Å². The molecular weight excluding hydrogens is 201 g/mol.